The van der Waals surface area contributed by atoms with Crippen LogP contribution in [0.3, 0.4) is 0 Å². The molecule has 2 aromatic heterocycles. The molecule has 8 nitrogen and oxygen atoms in total. The van der Waals surface area contributed by atoms with Gasteiger partial charge >= 0.3 is 5.69 Å². The number of carbonyl (C=O) groups excluding carboxylic acids is 1. The van der Waals surface area contributed by atoms with Gasteiger partial charge in [0.2, 0.25) is 0 Å². The molecule has 1 fully saturated rings. The molecule has 10 heteroatoms. The van der Waals surface area contributed by atoms with E-state index in [1.807, 2.05) is 48.7 Å². The first-order valence-electron chi connectivity index (χ1n) is 11.7. The van der Waals surface area contributed by atoms with Gasteiger partial charge in [0, 0.05) is 28.3 Å². The van der Waals surface area contributed by atoms with Gasteiger partial charge in [0.15, 0.2) is 6.23 Å². The number of aromatic amines is 2. The maximum absolute atomic E-state index is 13.7. The monoisotopic (exact) mass is 561 g/mol. The molecule has 1 atom stereocenters. The summed E-state index contributed by atoms with van der Waals surface area (Å²) >= 11 is 3.45. The fourth-order valence-electron chi connectivity index (χ4n) is 4.56. The lowest BCUT2D eigenvalue weighted by molar-refractivity contribution is -0.128. The van der Waals surface area contributed by atoms with Crippen LogP contribution in [0.1, 0.15) is 17.4 Å². The molecular formula is C27H21BrFN5O3. The third kappa shape index (κ3) is 4.61. The normalized spacial score (nSPS) is 15.7. The van der Waals surface area contributed by atoms with Crippen LogP contribution in [0, 0.1) is 5.82 Å². The second-order valence-corrected chi connectivity index (χ2v) is 9.74. The standard InChI is InChI=1S/C27H21BrFN5O3/c28-18-4-8-20(9-5-18)34-14-21(25(32-34)17-2-6-19(29)7-3-17)26-33(24(35)15-37-26)12-11-16-1-10-22-23(13-16)31-27(36)30-22/h1-10,13-14,26H,11-12,15H2,(H2,30,31,36)/t26-/m0/s1. The SMILES string of the molecule is O=C1CO[C@@H](c2cn(-c3ccc(Br)cc3)nc2-c2ccc(F)cc2)N1CCc1ccc2[nH]c(=O)[nH]c2c1. The van der Waals surface area contributed by atoms with Crippen LogP contribution >= 0.6 is 15.9 Å². The van der Waals surface area contributed by atoms with Crippen LogP contribution in [0.15, 0.2) is 82.2 Å². The van der Waals surface area contributed by atoms with E-state index >= 15 is 0 Å². The lowest BCUT2D eigenvalue weighted by Crippen LogP contribution is -2.30. The number of carbonyl (C=O) groups is 1. The van der Waals surface area contributed by atoms with Crippen LogP contribution in [0.2, 0.25) is 0 Å². The van der Waals surface area contributed by atoms with Gasteiger partial charge < -0.3 is 19.6 Å². The number of amides is 1. The molecule has 0 aliphatic carbocycles. The van der Waals surface area contributed by atoms with E-state index in [0.717, 1.165) is 32.3 Å². The quantitative estimate of drug-likeness (QED) is 0.314. The van der Waals surface area contributed by atoms with Crippen LogP contribution in [0.4, 0.5) is 4.39 Å². The highest BCUT2D eigenvalue weighted by atomic mass is 79.9. The Kier molecular flexibility index (Phi) is 5.97. The van der Waals surface area contributed by atoms with E-state index in [-0.39, 0.29) is 24.0 Å². The molecule has 0 radical (unpaired) electrons. The van der Waals surface area contributed by atoms with Gasteiger partial charge in [-0.25, -0.2) is 13.9 Å². The predicted molar refractivity (Wildman–Crippen MR) is 140 cm³/mol. The molecule has 0 bridgehead atoms. The first kappa shape index (κ1) is 23.4. The summed E-state index contributed by atoms with van der Waals surface area (Å²) < 4.78 is 22.3. The highest BCUT2D eigenvalue weighted by Gasteiger charge is 2.36. The van der Waals surface area contributed by atoms with E-state index in [9.17, 15) is 14.0 Å². The molecular weight excluding hydrogens is 541 g/mol. The Labute approximate surface area is 218 Å². The molecule has 0 saturated carbocycles. The van der Waals surface area contributed by atoms with Gasteiger partial charge in [-0.05, 0) is 72.6 Å². The van der Waals surface area contributed by atoms with Crippen molar-refractivity contribution in [2.45, 2.75) is 12.6 Å². The number of imidazole rings is 1. The average molecular weight is 562 g/mol. The minimum absolute atomic E-state index is 0.0405. The topological polar surface area (TPSA) is 96.0 Å². The summed E-state index contributed by atoms with van der Waals surface area (Å²) in [6.45, 7) is 0.372. The van der Waals surface area contributed by atoms with E-state index in [2.05, 4.69) is 25.9 Å². The minimum atomic E-state index is -0.646. The Hall–Kier alpha value is -4.02. The molecule has 3 heterocycles. The van der Waals surface area contributed by atoms with E-state index in [1.165, 1.54) is 12.1 Å². The van der Waals surface area contributed by atoms with Crippen molar-refractivity contribution < 1.29 is 13.9 Å². The number of H-pyrrole nitrogens is 2. The third-order valence-electron chi connectivity index (χ3n) is 6.41. The zero-order valence-corrected chi connectivity index (χ0v) is 21.0. The number of fused-ring (bicyclic) bond motifs is 1. The molecule has 37 heavy (non-hydrogen) atoms. The molecule has 1 aliphatic heterocycles. The van der Waals surface area contributed by atoms with Gasteiger partial charge in [-0.3, -0.25) is 4.79 Å². The van der Waals surface area contributed by atoms with Crippen LogP contribution in [-0.2, 0) is 16.0 Å². The van der Waals surface area contributed by atoms with Crippen molar-refractivity contribution >= 4 is 32.9 Å². The summed E-state index contributed by atoms with van der Waals surface area (Å²) in [5.41, 5.74) is 5.05. The second-order valence-electron chi connectivity index (χ2n) is 8.82. The van der Waals surface area contributed by atoms with Crippen LogP contribution in [0.5, 0.6) is 0 Å². The zero-order chi connectivity index (χ0) is 25.5. The molecule has 186 valence electrons. The largest absolute Gasteiger partial charge is 0.344 e. The molecule has 6 rings (SSSR count). The molecule has 1 amide bonds. The molecule has 5 aromatic rings. The predicted octanol–water partition coefficient (Wildman–Crippen LogP) is 4.71. The lowest BCUT2D eigenvalue weighted by Gasteiger charge is -2.23. The summed E-state index contributed by atoms with van der Waals surface area (Å²) in [4.78, 5) is 31.6. The Morgan fingerprint density at radius 1 is 1.00 bits per heavy atom. The van der Waals surface area contributed by atoms with E-state index in [4.69, 9.17) is 9.84 Å². The summed E-state index contributed by atoms with van der Waals surface area (Å²) in [5, 5.41) is 4.79. The summed E-state index contributed by atoms with van der Waals surface area (Å²) in [5.74, 6) is -0.463. The summed E-state index contributed by atoms with van der Waals surface area (Å²) in [6, 6.07) is 19.5. The maximum atomic E-state index is 13.7. The maximum Gasteiger partial charge on any atom is 0.323 e. The van der Waals surface area contributed by atoms with Gasteiger partial charge in [-0.15, -0.1) is 0 Å². The van der Waals surface area contributed by atoms with E-state index in [0.29, 0.717) is 24.2 Å². The smallest absolute Gasteiger partial charge is 0.323 e. The Bertz CT molecular complexity index is 1660. The van der Waals surface area contributed by atoms with Crippen molar-refractivity contribution in [1.82, 2.24) is 24.6 Å². The first-order valence-corrected chi connectivity index (χ1v) is 12.5. The number of halogens is 2. The highest BCUT2D eigenvalue weighted by Crippen LogP contribution is 2.35. The molecule has 2 N–H and O–H groups in total. The van der Waals surface area contributed by atoms with Crippen LogP contribution < -0.4 is 5.69 Å². The number of benzene rings is 3. The Morgan fingerprint density at radius 2 is 1.76 bits per heavy atom. The number of aromatic nitrogens is 4. The molecule has 1 aliphatic rings. The van der Waals surface area contributed by atoms with Gasteiger partial charge in [-0.2, -0.15) is 5.10 Å². The molecule has 0 spiro atoms. The second kappa shape index (κ2) is 9.45. The van der Waals surface area contributed by atoms with Gasteiger partial charge in [0.25, 0.3) is 5.91 Å². The van der Waals surface area contributed by atoms with Crippen molar-refractivity contribution in [3.05, 3.63) is 105 Å². The van der Waals surface area contributed by atoms with Gasteiger partial charge in [0.05, 0.1) is 16.7 Å². The average Bonchev–Trinajstić information content (AvgIpc) is 3.59. The van der Waals surface area contributed by atoms with Crippen molar-refractivity contribution in [1.29, 1.82) is 0 Å². The Balaban J connectivity index is 1.34. The number of ether oxygens (including phenoxy) is 1. The number of hydrogen-bond acceptors (Lipinski definition) is 4. The van der Waals surface area contributed by atoms with Gasteiger partial charge in [0.1, 0.15) is 18.1 Å². The number of nitrogens with one attached hydrogen (secondary N) is 2. The first-order chi connectivity index (χ1) is 17.9. The fraction of sp³-hybridized carbons (Fsp3) is 0.148. The van der Waals surface area contributed by atoms with Crippen LogP contribution in [0.25, 0.3) is 28.0 Å². The zero-order valence-electron chi connectivity index (χ0n) is 19.4. The van der Waals surface area contributed by atoms with Crippen molar-refractivity contribution in [2.75, 3.05) is 13.2 Å². The van der Waals surface area contributed by atoms with Crippen molar-refractivity contribution in [2.24, 2.45) is 0 Å². The highest BCUT2D eigenvalue weighted by molar-refractivity contribution is 9.10. The minimum Gasteiger partial charge on any atom is -0.344 e. The molecule has 3 aromatic carbocycles. The fourth-order valence-corrected chi connectivity index (χ4v) is 4.83. The van der Waals surface area contributed by atoms with E-state index in [1.54, 1.807) is 21.7 Å². The summed E-state index contributed by atoms with van der Waals surface area (Å²) in [7, 11) is 0. The third-order valence-corrected chi connectivity index (χ3v) is 6.94. The lowest BCUT2D eigenvalue weighted by atomic mass is 10.1. The van der Waals surface area contributed by atoms with Crippen molar-refractivity contribution in [3.63, 3.8) is 0 Å². The Morgan fingerprint density at radius 3 is 2.54 bits per heavy atom. The molecule has 0 unspecified atom stereocenters. The van der Waals surface area contributed by atoms with Crippen LogP contribution in [-0.4, -0.2) is 43.7 Å². The number of rotatable bonds is 6. The number of nitrogens with zero attached hydrogens (tertiary/aromatic N) is 3. The summed E-state index contributed by atoms with van der Waals surface area (Å²) in [6.07, 6.45) is 1.78. The van der Waals surface area contributed by atoms with E-state index < -0.39 is 6.23 Å². The van der Waals surface area contributed by atoms with Gasteiger partial charge in [-0.1, -0.05) is 22.0 Å². The molecule has 1 saturated heterocycles. The van der Waals surface area contributed by atoms with Crippen molar-refractivity contribution in [3.8, 4) is 16.9 Å². The number of hydrogen-bond donors (Lipinski definition) is 2.